The summed E-state index contributed by atoms with van der Waals surface area (Å²) in [6, 6.07) is 1.82. The van der Waals surface area contributed by atoms with Gasteiger partial charge in [0.15, 0.2) is 0 Å². The van der Waals surface area contributed by atoms with Crippen molar-refractivity contribution in [3.63, 3.8) is 0 Å². The first-order valence-electron chi connectivity index (χ1n) is 8.15. The smallest absolute Gasteiger partial charge is 0.0615 e. The van der Waals surface area contributed by atoms with Gasteiger partial charge in [0.25, 0.3) is 0 Å². The molecule has 0 radical (unpaired) electrons. The Bertz CT molecular complexity index is 221. The lowest BCUT2D eigenvalue weighted by atomic mass is 9.90. The summed E-state index contributed by atoms with van der Waals surface area (Å²) in [7, 11) is 4.08. The largest absolute Gasteiger partial charge is 0.383 e. The van der Waals surface area contributed by atoms with Crippen LogP contribution in [0.4, 0.5) is 0 Å². The third-order valence-corrected chi connectivity index (χ3v) is 4.51. The molecule has 0 spiro atoms. The molecule has 3 unspecified atom stereocenters. The molecule has 1 aliphatic carbocycles. The van der Waals surface area contributed by atoms with Gasteiger partial charge in [-0.2, -0.15) is 0 Å². The summed E-state index contributed by atoms with van der Waals surface area (Å²) < 4.78 is 5.33. The van der Waals surface area contributed by atoms with Gasteiger partial charge in [-0.05, 0) is 39.8 Å². The average Bonchev–Trinajstić information content (AvgIpc) is 2.37. The van der Waals surface area contributed by atoms with Crippen molar-refractivity contribution in [2.45, 2.75) is 76.9 Å². The molecule has 1 fully saturated rings. The normalized spacial score (nSPS) is 27.0. The second-order valence-corrected chi connectivity index (χ2v) is 6.09. The van der Waals surface area contributed by atoms with Crippen LogP contribution in [0.5, 0.6) is 0 Å². The first kappa shape index (κ1) is 16.9. The van der Waals surface area contributed by atoms with Crippen molar-refractivity contribution in [1.82, 2.24) is 10.2 Å². The predicted molar refractivity (Wildman–Crippen MR) is 82.7 cm³/mol. The fourth-order valence-electron chi connectivity index (χ4n) is 3.21. The van der Waals surface area contributed by atoms with E-state index in [9.17, 15) is 0 Å². The van der Waals surface area contributed by atoms with Gasteiger partial charge in [0.1, 0.15) is 0 Å². The van der Waals surface area contributed by atoms with Gasteiger partial charge in [-0.3, -0.25) is 4.90 Å². The number of hydrogen-bond donors (Lipinski definition) is 1. The van der Waals surface area contributed by atoms with Crippen molar-refractivity contribution in [3.05, 3.63) is 0 Å². The van der Waals surface area contributed by atoms with Crippen molar-refractivity contribution >= 4 is 0 Å². The molecule has 1 N–H and O–H groups in total. The minimum Gasteiger partial charge on any atom is -0.383 e. The molecular formula is C16H34N2O. The zero-order valence-corrected chi connectivity index (χ0v) is 13.5. The van der Waals surface area contributed by atoms with Crippen LogP contribution in [0.25, 0.3) is 0 Å². The Morgan fingerprint density at radius 3 is 2.53 bits per heavy atom. The Morgan fingerprint density at radius 1 is 1.21 bits per heavy atom. The van der Waals surface area contributed by atoms with E-state index < -0.39 is 0 Å². The minimum absolute atomic E-state index is 0.500. The zero-order valence-electron chi connectivity index (χ0n) is 13.5. The molecule has 0 aliphatic heterocycles. The Hall–Kier alpha value is -0.120. The van der Waals surface area contributed by atoms with Crippen LogP contribution in [0, 0.1) is 0 Å². The maximum absolute atomic E-state index is 5.33. The van der Waals surface area contributed by atoms with Crippen molar-refractivity contribution in [1.29, 1.82) is 0 Å². The second kappa shape index (κ2) is 9.73. The van der Waals surface area contributed by atoms with Crippen LogP contribution in [0.1, 0.15) is 58.8 Å². The van der Waals surface area contributed by atoms with Crippen LogP contribution in [0.2, 0.25) is 0 Å². The molecule has 0 aromatic rings. The summed E-state index contributed by atoms with van der Waals surface area (Å²) in [4.78, 5) is 2.54. The van der Waals surface area contributed by atoms with Gasteiger partial charge in [-0.15, -0.1) is 0 Å². The molecule has 3 heteroatoms. The molecule has 1 saturated carbocycles. The van der Waals surface area contributed by atoms with Crippen LogP contribution in [-0.2, 0) is 4.74 Å². The fraction of sp³-hybridized carbons (Fsp3) is 1.00. The molecule has 0 aromatic heterocycles. The van der Waals surface area contributed by atoms with E-state index in [4.69, 9.17) is 4.74 Å². The highest BCUT2D eigenvalue weighted by Crippen LogP contribution is 2.22. The van der Waals surface area contributed by atoms with Crippen LogP contribution in [0.3, 0.4) is 0 Å². The third-order valence-electron chi connectivity index (χ3n) is 4.51. The van der Waals surface area contributed by atoms with Gasteiger partial charge in [-0.25, -0.2) is 0 Å². The number of rotatable bonds is 7. The molecule has 0 bridgehead atoms. The minimum atomic E-state index is 0.500. The highest BCUT2D eigenvalue weighted by molar-refractivity contribution is 4.86. The molecular weight excluding hydrogens is 236 g/mol. The fourth-order valence-corrected chi connectivity index (χ4v) is 3.21. The van der Waals surface area contributed by atoms with Crippen LogP contribution < -0.4 is 5.32 Å². The highest BCUT2D eigenvalue weighted by Gasteiger charge is 2.28. The van der Waals surface area contributed by atoms with E-state index in [1.54, 1.807) is 7.11 Å². The number of hydrogen-bond acceptors (Lipinski definition) is 3. The standard InChI is InChI=1S/C16H34N2O/c1-5-12-17-15-10-8-6-7-9-11-16(15)18(3)14(2)13-19-4/h14-17H,5-13H2,1-4H3. The van der Waals surface area contributed by atoms with Crippen molar-refractivity contribution in [2.24, 2.45) is 0 Å². The lowest BCUT2D eigenvalue weighted by Gasteiger charge is -2.39. The lowest BCUT2D eigenvalue weighted by Crippen LogP contribution is -2.52. The number of methoxy groups -OCH3 is 1. The topological polar surface area (TPSA) is 24.5 Å². The maximum Gasteiger partial charge on any atom is 0.0615 e. The Kier molecular flexibility index (Phi) is 8.67. The van der Waals surface area contributed by atoms with E-state index in [-0.39, 0.29) is 0 Å². The van der Waals surface area contributed by atoms with Gasteiger partial charge in [0, 0.05) is 25.2 Å². The van der Waals surface area contributed by atoms with Crippen molar-refractivity contribution < 1.29 is 4.74 Å². The maximum atomic E-state index is 5.33. The van der Waals surface area contributed by atoms with Gasteiger partial charge >= 0.3 is 0 Å². The predicted octanol–water partition coefficient (Wildman–Crippen LogP) is 3.04. The number of nitrogens with zero attached hydrogens (tertiary/aromatic N) is 1. The molecule has 0 amide bonds. The van der Waals surface area contributed by atoms with Crippen LogP contribution in [0.15, 0.2) is 0 Å². The van der Waals surface area contributed by atoms with E-state index in [2.05, 4.69) is 31.1 Å². The van der Waals surface area contributed by atoms with E-state index in [0.717, 1.165) is 13.2 Å². The van der Waals surface area contributed by atoms with Gasteiger partial charge < -0.3 is 10.1 Å². The van der Waals surface area contributed by atoms with E-state index in [1.165, 1.54) is 44.9 Å². The van der Waals surface area contributed by atoms with Gasteiger partial charge in [0.05, 0.1) is 6.61 Å². The molecule has 0 heterocycles. The SMILES string of the molecule is CCCNC1CCCCCCC1N(C)C(C)COC. The number of ether oxygens (including phenoxy) is 1. The number of likely N-dealkylation sites (N-methyl/N-ethyl adjacent to an activating group) is 1. The van der Waals surface area contributed by atoms with E-state index in [1.807, 2.05) is 0 Å². The summed E-state index contributed by atoms with van der Waals surface area (Å²) in [5, 5.41) is 3.78. The summed E-state index contributed by atoms with van der Waals surface area (Å²) in [6.07, 6.45) is 9.45. The third kappa shape index (κ3) is 5.80. The van der Waals surface area contributed by atoms with Crippen molar-refractivity contribution in [3.8, 4) is 0 Å². The summed E-state index contributed by atoms with van der Waals surface area (Å²) >= 11 is 0. The molecule has 3 atom stereocenters. The molecule has 0 aromatic carbocycles. The quantitative estimate of drug-likeness (QED) is 0.769. The average molecular weight is 270 g/mol. The van der Waals surface area contributed by atoms with Crippen LogP contribution >= 0.6 is 0 Å². The van der Waals surface area contributed by atoms with Gasteiger partial charge in [-0.1, -0.05) is 32.6 Å². The van der Waals surface area contributed by atoms with Crippen molar-refractivity contribution in [2.75, 3.05) is 27.3 Å². The Labute approximate surface area is 120 Å². The lowest BCUT2D eigenvalue weighted by molar-refractivity contribution is 0.0662. The van der Waals surface area contributed by atoms with E-state index in [0.29, 0.717) is 18.1 Å². The molecule has 114 valence electrons. The molecule has 19 heavy (non-hydrogen) atoms. The number of nitrogens with one attached hydrogen (secondary N) is 1. The molecule has 3 nitrogen and oxygen atoms in total. The highest BCUT2D eigenvalue weighted by atomic mass is 16.5. The van der Waals surface area contributed by atoms with E-state index >= 15 is 0 Å². The first-order chi connectivity index (χ1) is 9.20. The monoisotopic (exact) mass is 270 g/mol. The molecule has 1 rings (SSSR count). The summed E-state index contributed by atoms with van der Waals surface area (Å²) in [5.74, 6) is 0. The molecule has 0 saturated heterocycles. The molecule has 1 aliphatic rings. The first-order valence-corrected chi connectivity index (χ1v) is 8.15. The zero-order chi connectivity index (χ0) is 14.1. The summed E-state index contributed by atoms with van der Waals surface area (Å²) in [6.45, 7) is 6.50. The Balaban J connectivity index is 2.63. The van der Waals surface area contributed by atoms with Crippen LogP contribution in [-0.4, -0.2) is 50.3 Å². The van der Waals surface area contributed by atoms with Gasteiger partial charge in [0.2, 0.25) is 0 Å². The second-order valence-electron chi connectivity index (χ2n) is 6.09. The summed E-state index contributed by atoms with van der Waals surface area (Å²) in [5.41, 5.74) is 0. The Morgan fingerprint density at radius 2 is 1.89 bits per heavy atom.